The van der Waals surface area contributed by atoms with Crippen molar-refractivity contribution in [3.63, 3.8) is 0 Å². The van der Waals surface area contributed by atoms with Gasteiger partial charge in [0.2, 0.25) is 5.91 Å². The van der Waals surface area contributed by atoms with E-state index in [-0.39, 0.29) is 11.4 Å². The fourth-order valence-electron chi connectivity index (χ4n) is 4.88. The number of anilines is 2. The predicted molar refractivity (Wildman–Crippen MR) is 192 cm³/mol. The Kier molecular flexibility index (Phi) is 11.8. The van der Waals surface area contributed by atoms with Gasteiger partial charge in [-0.3, -0.25) is 14.4 Å². The minimum atomic E-state index is -4.56. The van der Waals surface area contributed by atoms with Gasteiger partial charge in [0.25, 0.3) is 11.8 Å². The first-order chi connectivity index (χ1) is 24.5. The third kappa shape index (κ3) is 9.79. The van der Waals surface area contributed by atoms with Crippen LogP contribution >= 0.6 is 11.8 Å². The standard InChI is InChI=1S/C39H32F3N3O5S/c1-49-31-18-21-34(50-2)27(22-31)23-33(45-36(46)26-12-7-4-8-13-26)37(47)43-29-16-19-32(20-17-29)51-35(25-10-5-3-6-11-25)38(48)44-30-15-9-14-28(24-30)39(40,41)42/h3-24,35H,1-2H3,(H,43,47)(H,44,48)(H,45,46)/b33-23-. The topological polar surface area (TPSA) is 106 Å². The Hall–Kier alpha value is -6.01. The molecule has 3 amide bonds. The van der Waals surface area contributed by atoms with Gasteiger partial charge in [-0.1, -0.05) is 54.6 Å². The van der Waals surface area contributed by atoms with E-state index in [9.17, 15) is 27.6 Å². The first-order valence-electron chi connectivity index (χ1n) is 15.5. The van der Waals surface area contributed by atoms with E-state index in [1.807, 2.05) is 0 Å². The van der Waals surface area contributed by atoms with Gasteiger partial charge < -0.3 is 25.4 Å². The van der Waals surface area contributed by atoms with E-state index in [1.54, 1.807) is 103 Å². The van der Waals surface area contributed by atoms with Gasteiger partial charge in [-0.15, -0.1) is 11.8 Å². The molecule has 5 aromatic rings. The van der Waals surface area contributed by atoms with Crippen molar-refractivity contribution in [2.24, 2.45) is 0 Å². The summed E-state index contributed by atoms with van der Waals surface area (Å²) in [6.07, 6.45) is -3.08. The van der Waals surface area contributed by atoms with Crippen LogP contribution in [0.4, 0.5) is 24.5 Å². The Morgan fingerprint density at radius 1 is 0.725 bits per heavy atom. The number of methoxy groups -OCH3 is 2. The molecule has 3 N–H and O–H groups in total. The Morgan fingerprint density at radius 3 is 2.06 bits per heavy atom. The molecule has 0 radical (unpaired) electrons. The molecule has 1 atom stereocenters. The summed E-state index contributed by atoms with van der Waals surface area (Å²) in [5, 5.41) is 7.28. The first kappa shape index (κ1) is 36.3. The quantitative estimate of drug-likeness (QED) is 0.0885. The largest absolute Gasteiger partial charge is 0.497 e. The lowest BCUT2D eigenvalue weighted by molar-refractivity contribution is -0.137. The number of halogens is 3. The lowest BCUT2D eigenvalue weighted by atomic mass is 10.1. The molecule has 0 fully saturated rings. The lowest BCUT2D eigenvalue weighted by Crippen LogP contribution is -2.30. The summed E-state index contributed by atoms with van der Waals surface area (Å²) < 4.78 is 50.6. The number of hydrogen-bond acceptors (Lipinski definition) is 6. The highest BCUT2D eigenvalue weighted by Crippen LogP contribution is 2.37. The number of thioether (sulfide) groups is 1. The van der Waals surface area contributed by atoms with E-state index in [1.165, 1.54) is 44.2 Å². The second kappa shape index (κ2) is 16.6. The summed E-state index contributed by atoms with van der Waals surface area (Å²) in [6.45, 7) is 0. The average Bonchev–Trinajstić information content (AvgIpc) is 3.14. The molecule has 0 aromatic heterocycles. The van der Waals surface area contributed by atoms with Gasteiger partial charge in [0.05, 0.1) is 19.8 Å². The summed E-state index contributed by atoms with van der Waals surface area (Å²) in [4.78, 5) is 40.9. The molecule has 0 aliphatic rings. The van der Waals surface area contributed by atoms with Crippen LogP contribution in [0.2, 0.25) is 0 Å². The maximum absolute atomic E-state index is 13.6. The van der Waals surface area contributed by atoms with Crippen LogP contribution in [0.5, 0.6) is 11.5 Å². The van der Waals surface area contributed by atoms with Crippen molar-refractivity contribution >= 4 is 46.9 Å². The molecule has 5 rings (SSSR count). The van der Waals surface area contributed by atoms with Crippen molar-refractivity contribution in [3.8, 4) is 11.5 Å². The fourth-order valence-corrected chi connectivity index (χ4v) is 5.91. The molecule has 0 aliphatic carbocycles. The molecule has 0 saturated heterocycles. The number of alkyl halides is 3. The summed E-state index contributed by atoms with van der Waals surface area (Å²) in [7, 11) is 2.99. The molecule has 0 spiro atoms. The second-order valence-electron chi connectivity index (χ2n) is 10.9. The number of amides is 3. The van der Waals surface area contributed by atoms with Crippen molar-refractivity contribution in [2.75, 3.05) is 24.9 Å². The van der Waals surface area contributed by atoms with Crippen molar-refractivity contribution < 1.29 is 37.0 Å². The van der Waals surface area contributed by atoms with Crippen molar-refractivity contribution in [2.45, 2.75) is 16.3 Å². The zero-order valence-electron chi connectivity index (χ0n) is 27.4. The number of carbonyl (C=O) groups excluding carboxylic acids is 3. The number of nitrogens with one attached hydrogen (secondary N) is 3. The van der Waals surface area contributed by atoms with E-state index >= 15 is 0 Å². The molecule has 5 aromatic carbocycles. The smallest absolute Gasteiger partial charge is 0.416 e. The van der Waals surface area contributed by atoms with Gasteiger partial charge >= 0.3 is 6.18 Å². The SMILES string of the molecule is COc1ccc(OC)c(/C=C(\NC(=O)c2ccccc2)C(=O)Nc2ccc(SC(C(=O)Nc3cccc(C(F)(F)F)c3)c3ccccc3)cc2)c1. The van der Waals surface area contributed by atoms with E-state index in [2.05, 4.69) is 16.0 Å². The van der Waals surface area contributed by atoms with Crippen LogP contribution in [-0.2, 0) is 15.8 Å². The maximum atomic E-state index is 13.6. The third-order valence-corrected chi connectivity index (χ3v) is 8.70. The summed E-state index contributed by atoms with van der Waals surface area (Å²) in [5.74, 6) is -0.670. The van der Waals surface area contributed by atoms with Crippen LogP contribution in [0, 0.1) is 0 Å². The van der Waals surface area contributed by atoms with E-state index in [0.29, 0.717) is 38.8 Å². The Bertz CT molecular complexity index is 2020. The van der Waals surface area contributed by atoms with Crippen LogP contribution in [0.25, 0.3) is 6.08 Å². The molecule has 8 nitrogen and oxygen atoms in total. The van der Waals surface area contributed by atoms with Crippen LogP contribution in [0.1, 0.15) is 32.3 Å². The molecule has 0 bridgehead atoms. The highest BCUT2D eigenvalue weighted by atomic mass is 32.2. The van der Waals surface area contributed by atoms with E-state index < -0.39 is 34.7 Å². The van der Waals surface area contributed by atoms with Gasteiger partial charge in [-0.05, 0) is 84.4 Å². The number of benzene rings is 5. The lowest BCUT2D eigenvalue weighted by Gasteiger charge is -2.18. The average molecular weight is 712 g/mol. The normalized spacial score (nSPS) is 12.0. The van der Waals surface area contributed by atoms with Gasteiger partial charge in [0.1, 0.15) is 22.4 Å². The Labute approximate surface area is 296 Å². The van der Waals surface area contributed by atoms with E-state index in [4.69, 9.17) is 9.47 Å². The molecular weight excluding hydrogens is 680 g/mol. The number of carbonyl (C=O) groups is 3. The van der Waals surface area contributed by atoms with Gasteiger partial charge in [0.15, 0.2) is 0 Å². The first-order valence-corrected chi connectivity index (χ1v) is 16.3. The molecule has 0 saturated carbocycles. The van der Waals surface area contributed by atoms with Gasteiger partial charge in [0, 0.05) is 27.4 Å². The third-order valence-electron chi connectivity index (χ3n) is 7.43. The predicted octanol–water partition coefficient (Wildman–Crippen LogP) is 8.60. The maximum Gasteiger partial charge on any atom is 0.416 e. The Balaban J connectivity index is 1.36. The molecule has 1 unspecified atom stereocenters. The van der Waals surface area contributed by atoms with Gasteiger partial charge in [-0.25, -0.2) is 0 Å². The number of hydrogen-bond donors (Lipinski definition) is 3. The summed E-state index contributed by atoms with van der Waals surface area (Å²) >= 11 is 1.19. The Morgan fingerprint density at radius 2 is 1.41 bits per heavy atom. The number of rotatable bonds is 12. The van der Waals surface area contributed by atoms with Crippen LogP contribution in [0.3, 0.4) is 0 Å². The molecular formula is C39H32F3N3O5S. The van der Waals surface area contributed by atoms with Gasteiger partial charge in [-0.2, -0.15) is 13.2 Å². The zero-order chi connectivity index (χ0) is 36.4. The monoisotopic (exact) mass is 711 g/mol. The van der Waals surface area contributed by atoms with Crippen LogP contribution in [0.15, 0.2) is 138 Å². The fraction of sp³-hybridized carbons (Fsp3) is 0.103. The minimum absolute atomic E-state index is 0.0178. The zero-order valence-corrected chi connectivity index (χ0v) is 28.2. The van der Waals surface area contributed by atoms with Crippen molar-refractivity contribution in [3.05, 3.63) is 155 Å². The summed E-state index contributed by atoms with van der Waals surface area (Å²) in [6, 6.07) is 33.4. The van der Waals surface area contributed by atoms with Crippen LogP contribution < -0.4 is 25.4 Å². The van der Waals surface area contributed by atoms with Crippen molar-refractivity contribution in [1.29, 1.82) is 0 Å². The second-order valence-corrected chi connectivity index (χ2v) is 12.1. The molecule has 0 aliphatic heterocycles. The molecule has 12 heteroatoms. The van der Waals surface area contributed by atoms with E-state index in [0.717, 1.165) is 12.1 Å². The minimum Gasteiger partial charge on any atom is -0.497 e. The molecule has 0 heterocycles. The van der Waals surface area contributed by atoms with Crippen LogP contribution in [-0.4, -0.2) is 31.9 Å². The number of ether oxygens (including phenoxy) is 2. The highest BCUT2D eigenvalue weighted by Gasteiger charge is 2.31. The van der Waals surface area contributed by atoms with Crippen molar-refractivity contribution in [1.82, 2.24) is 5.32 Å². The highest BCUT2D eigenvalue weighted by molar-refractivity contribution is 8.00. The molecule has 51 heavy (non-hydrogen) atoms. The summed E-state index contributed by atoms with van der Waals surface area (Å²) in [5.41, 5.74) is 0.945. The molecule has 260 valence electrons.